The van der Waals surface area contributed by atoms with Crippen LogP contribution in [0.25, 0.3) is 10.9 Å². The topological polar surface area (TPSA) is 40.5 Å². The smallest absolute Gasteiger partial charge is 0.324 e. The molecule has 1 aliphatic heterocycles. The van der Waals surface area contributed by atoms with Gasteiger partial charge in [-0.05, 0) is 94.1 Å². The second-order valence-corrected chi connectivity index (χ2v) is 9.69. The number of fused-ring (bicyclic) bond motifs is 2. The minimum atomic E-state index is -0.109. The van der Waals surface area contributed by atoms with Crippen LogP contribution in [0.1, 0.15) is 55.0 Å². The summed E-state index contributed by atoms with van der Waals surface area (Å²) in [5.74, 6) is 7.26. The average Bonchev–Trinajstić information content (AvgIpc) is 3.14. The number of piperidine rings is 1. The zero-order chi connectivity index (χ0) is 23.8. The highest BCUT2D eigenvalue weighted by Crippen LogP contribution is 2.44. The molecule has 6 heteroatoms. The zero-order valence-corrected chi connectivity index (χ0v) is 20.8. The summed E-state index contributed by atoms with van der Waals surface area (Å²) in [5, 5.41) is 1.96. The SMILES string of the molecule is CCN(CC)C(=O)Nn1c(C#Cc2ccc(Cl)cc2)c2c3c(cccc31)[C@H]1CCCN(C)[C@@H]1C2. The van der Waals surface area contributed by atoms with Gasteiger partial charge in [0.1, 0.15) is 5.69 Å². The van der Waals surface area contributed by atoms with E-state index >= 15 is 0 Å². The highest BCUT2D eigenvalue weighted by Gasteiger charge is 2.38. The number of carbonyl (C=O) groups is 1. The fraction of sp³-hybridized carbons (Fsp3) is 0.393. The van der Waals surface area contributed by atoms with E-state index in [9.17, 15) is 4.79 Å². The van der Waals surface area contributed by atoms with Crippen molar-refractivity contribution < 1.29 is 4.79 Å². The first-order chi connectivity index (χ1) is 16.5. The first-order valence-electron chi connectivity index (χ1n) is 12.2. The minimum absolute atomic E-state index is 0.109. The Hall–Kier alpha value is -2.94. The van der Waals surface area contributed by atoms with Gasteiger partial charge in [-0.1, -0.05) is 29.7 Å². The van der Waals surface area contributed by atoms with Gasteiger partial charge >= 0.3 is 6.03 Å². The summed E-state index contributed by atoms with van der Waals surface area (Å²) >= 11 is 6.06. The number of halogens is 1. The Morgan fingerprint density at radius 2 is 1.91 bits per heavy atom. The van der Waals surface area contributed by atoms with Crippen LogP contribution in [0, 0.1) is 11.8 Å². The third kappa shape index (κ3) is 3.96. The Kier molecular flexibility index (Phi) is 6.29. The Balaban J connectivity index is 1.69. The van der Waals surface area contributed by atoms with E-state index < -0.39 is 0 Å². The van der Waals surface area contributed by atoms with E-state index in [1.165, 1.54) is 29.4 Å². The largest absolute Gasteiger partial charge is 0.336 e. The fourth-order valence-electron chi connectivity index (χ4n) is 5.64. The lowest BCUT2D eigenvalue weighted by atomic mass is 9.75. The molecule has 1 fully saturated rings. The van der Waals surface area contributed by atoms with Crippen molar-refractivity contribution in [2.75, 3.05) is 32.1 Å². The Bertz CT molecular complexity index is 1280. The molecule has 1 aromatic heterocycles. The number of urea groups is 1. The van der Waals surface area contributed by atoms with Crippen LogP contribution in [0.2, 0.25) is 5.02 Å². The molecule has 1 N–H and O–H groups in total. The maximum Gasteiger partial charge on any atom is 0.336 e. The van der Waals surface area contributed by atoms with Crippen molar-refractivity contribution in [1.82, 2.24) is 14.5 Å². The van der Waals surface area contributed by atoms with Gasteiger partial charge in [0.05, 0.1) is 5.52 Å². The van der Waals surface area contributed by atoms with Crippen LogP contribution < -0.4 is 5.43 Å². The summed E-state index contributed by atoms with van der Waals surface area (Å²) in [5.41, 5.74) is 8.59. The number of nitrogens with zero attached hydrogens (tertiary/aromatic N) is 3. The van der Waals surface area contributed by atoms with Crippen LogP contribution in [0.5, 0.6) is 0 Å². The molecule has 0 radical (unpaired) electrons. The summed E-state index contributed by atoms with van der Waals surface area (Å²) in [6.45, 7) is 6.42. The third-order valence-electron chi connectivity index (χ3n) is 7.42. The minimum Gasteiger partial charge on any atom is -0.324 e. The Labute approximate surface area is 206 Å². The van der Waals surface area contributed by atoms with E-state index in [1.54, 1.807) is 4.90 Å². The third-order valence-corrected chi connectivity index (χ3v) is 7.68. The molecule has 0 bridgehead atoms. The van der Waals surface area contributed by atoms with Crippen LogP contribution in [-0.2, 0) is 6.42 Å². The normalized spacial score (nSPS) is 19.3. The van der Waals surface area contributed by atoms with E-state index in [0.29, 0.717) is 30.1 Å². The molecule has 176 valence electrons. The first-order valence-corrected chi connectivity index (χ1v) is 12.6. The van der Waals surface area contributed by atoms with Gasteiger partial charge in [-0.2, -0.15) is 0 Å². The van der Waals surface area contributed by atoms with E-state index in [0.717, 1.165) is 29.7 Å². The number of carbonyl (C=O) groups excluding carboxylic acids is 1. The summed E-state index contributed by atoms with van der Waals surface area (Å²) in [4.78, 5) is 17.4. The fourth-order valence-corrected chi connectivity index (χ4v) is 5.77. The summed E-state index contributed by atoms with van der Waals surface area (Å²) < 4.78 is 1.93. The number of hydrogen-bond donors (Lipinski definition) is 1. The van der Waals surface area contributed by atoms with Gasteiger partial charge < -0.3 is 9.80 Å². The molecule has 3 aromatic rings. The number of hydrogen-bond acceptors (Lipinski definition) is 2. The van der Waals surface area contributed by atoms with Gasteiger partial charge in [0, 0.05) is 41.0 Å². The summed E-state index contributed by atoms with van der Waals surface area (Å²) in [7, 11) is 2.24. The molecule has 2 aromatic carbocycles. The lowest BCUT2D eigenvalue weighted by molar-refractivity contribution is 0.157. The monoisotopic (exact) mass is 474 g/mol. The summed E-state index contributed by atoms with van der Waals surface area (Å²) in [6, 6.07) is 14.4. The molecule has 1 saturated heterocycles. The van der Waals surface area contributed by atoms with Crippen molar-refractivity contribution in [3.05, 3.63) is 69.9 Å². The molecular weight excluding hydrogens is 444 g/mol. The molecular formula is C28H31ClN4O. The maximum atomic E-state index is 13.1. The number of likely N-dealkylation sites (N-methyl/N-ethyl adjacent to an activating group) is 1. The molecule has 0 spiro atoms. The van der Waals surface area contributed by atoms with Crippen LogP contribution in [0.15, 0.2) is 42.5 Å². The van der Waals surface area contributed by atoms with Crippen LogP contribution in [0.3, 0.4) is 0 Å². The predicted molar refractivity (Wildman–Crippen MR) is 139 cm³/mol. The first kappa shape index (κ1) is 22.8. The van der Waals surface area contributed by atoms with Crippen molar-refractivity contribution in [2.45, 2.75) is 45.1 Å². The van der Waals surface area contributed by atoms with Gasteiger partial charge in [0.25, 0.3) is 0 Å². The second kappa shape index (κ2) is 9.37. The van der Waals surface area contributed by atoms with E-state index in [2.05, 4.69) is 47.4 Å². The molecule has 5 rings (SSSR count). The van der Waals surface area contributed by atoms with Gasteiger partial charge in [0.2, 0.25) is 0 Å². The maximum absolute atomic E-state index is 13.1. The lowest BCUT2D eigenvalue weighted by Gasteiger charge is -2.42. The number of aromatic nitrogens is 1. The second-order valence-electron chi connectivity index (χ2n) is 9.25. The van der Waals surface area contributed by atoms with E-state index in [-0.39, 0.29) is 6.03 Å². The van der Waals surface area contributed by atoms with Gasteiger partial charge in [0.15, 0.2) is 0 Å². The van der Waals surface area contributed by atoms with Gasteiger partial charge in [-0.15, -0.1) is 0 Å². The predicted octanol–water partition coefficient (Wildman–Crippen LogP) is 5.43. The summed E-state index contributed by atoms with van der Waals surface area (Å²) in [6.07, 6.45) is 3.36. The van der Waals surface area contributed by atoms with E-state index in [1.807, 2.05) is 42.8 Å². The van der Waals surface area contributed by atoms with Crippen LogP contribution in [0.4, 0.5) is 4.79 Å². The number of nitrogens with one attached hydrogen (secondary N) is 1. The van der Waals surface area contributed by atoms with Gasteiger partial charge in [-0.3, -0.25) is 0 Å². The molecule has 2 atom stereocenters. The van der Waals surface area contributed by atoms with E-state index in [4.69, 9.17) is 11.6 Å². The quantitative estimate of drug-likeness (QED) is 0.514. The van der Waals surface area contributed by atoms with Crippen LogP contribution in [-0.4, -0.2) is 53.2 Å². The number of benzene rings is 2. The number of likely N-dealkylation sites (tertiary alicyclic amines) is 1. The lowest BCUT2D eigenvalue weighted by Crippen LogP contribution is -2.44. The van der Waals surface area contributed by atoms with Gasteiger partial charge in [-0.25, -0.2) is 14.9 Å². The zero-order valence-electron chi connectivity index (χ0n) is 20.1. The van der Waals surface area contributed by atoms with Crippen molar-refractivity contribution >= 4 is 28.5 Å². The van der Waals surface area contributed by atoms with Crippen molar-refractivity contribution in [3.8, 4) is 11.8 Å². The molecule has 34 heavy (non-hydrogen) atoms. The Morgan fingerprint density at radius 3 is 2.65 bits per heavy atom. The average molecular weight is 475 g/mol. The molecule has 0 saturated carbocycles. The van der Waals surface area contributed by atoms with Crippen molar-refractivity contribution in [2.24, 2.45) is 0 Å². The Morgan fingerprint density at radius 1 is 1.15 bits per heavy atom. The highest BCUT2D eigenvalue weighted by atomic mass is 35.5. The number of amides is 2. The number of rotatable bonds is 3. The van der Waals surface area contributed by atoms with Crippen molar-refractivity contribution in [3.63, 3.8) is 0 Å². The van der Waals surface area contributed by atoms with Crippen molar-refractivity contribution in [1.29, 1.82) is 0 Å². The standard InChI is InChI=1S/C28H31ClN4O/c1-4-32(5-2)28(34)30-33-24(16-13-19-11-14-20(29)15-12-19)23-18-26-21(9-7-17-31(26)3)22-8-6-10-25(33)27(22)23/h6,8,10-12,14-15,21,26H,4-5,7,9,17-18H2,1-3H3,(H,30,34)/t21-,26-/m1/s1. The molecule has 2 heterocycles. The molecule has 5 nitrogen and oxygen atoms in total. The molecule has 2 aliphatic rings. The van der Waals surface area contributed by atoms with Crippen LogP contribution >= 0.6 is 11.6 Å². The molecule has 1 aliphatic carbocycles. The molecule has 0 unspecified atom stereocenters. The molecule has 2 amide bonds. The highest BCUT2D eigenvalue weighted by molar-refractivity contribution is 6.30.